The first-order valence-corrected chi connectivity index (χ1v) is 10.7. The molecule has 0 aromatic heterocycles. The molecule has 128 valence electrons. The Morgan fingerprint density at radius 1 is 0.680 bits per heavy atom. The van der Waals surface area contributed by atoms with Gasteiger partial charge in [-0.3, -0.25) is 0 Å². The summed E-state index contributed by atoms with van der Waals surface area (Å²) < 4.78 is 0. The Balaban J connectivity index is 2.01. The Morgan fingerprint density at radius 3 is 1.52 bits per heavy atom. The van der Waals surface area contributed by atoms with Crippen LogP contribution in [0.1, 0.15) is 31.9 Å². The first kappa shape index (κ1) is 17.7. The maximum atomic E-state index is 9.43. The number of hydrogen-bond acceptors (Lipinski definition) is 1. The number of nitrogens with one attached hydrogen (secondary N) is 1. The van der Waals surface area contributed by atoms with Crippen molar-refractivity contribution < 1.29 is 0 Å². The van der Waals surface area contributed by atoms with Crippen molar-refractivity contribution in [2.75, 3.05) is 0 Å². The Hall–Kier alpha value is -2.11. The second-order valence-electron chi connectivity index (χ2n) is 7.59. The van der Waals surface area contributed by atoms with Gasteiger partial charge in [0, 0.05) is 13.2 Å². The lowest BCUT2D eigenvalue weighted by Gasteiger charge is -2.24. The Kier molecular flexibility index (Phi) is 4.97. The Bertz CT molecular complexity index is 816. The van der Waals surface area contributed by atoms with Crippen LogP contribution in [-0.2, 0) is 11.6 Å². The minimum atomic E-state index is -2.20. The lowest BCUT2D eigenvalue weighted by atomic mass is 9.87. The van der Waals surface area contributed by atoms with Crippen molar-refractivity contribution in [3.8, 4) is 0 Å². The van der Waals surface area contributed by atoms with Gasteiger partial charge >= 0.3 is 0 Å². The molecular formula is C23H26NP. The van der Waals surface area contributed by atoms with E-state index < -0.39 is 7.05 Å². The molecule has 0 aliphatic carbocycles. The van der Waals surface area contributed by atoms with E-state index in [-0.39, 0.29) is 5.41 Å². The van der Waals surface area contributed by atoms with Gasteiger partial charge in [-0.15, -0.1) is 0 Å². The van der Waals surface area contributed by atoms with Crippen molar-refractivity contribution in [1.82, 2.24) is 0 Å². The predicted molar refractivity (Wildman–Crippen MR) is 111 cm³/mol. The summed E-state index contributed by atoms with van der Waals surface area (Å²) >= 11 is 0. The molecule has 0 unspecified atom stereocenters. The molecule has 0 aliphatic heterocycles. The summed E-state index contributed by atoms with van der Waals surface area (Å²) in [6.07, 6.45) is 0.769. The van der Waals surface area contributed by atoms with E-state index in [1.807, 2.05) is 36.4 Å². The summed E-state index contributed by atoms with van der Waals surface area (Å²) in [5.74, 6) is 0. The van der Waals surface area contributed by atoms with Crippen molar-refractivity contribution in [1.29, 1.82) is 5.16 Å². The molecule has 1 nitrogen and oxygen atoms in total. The number of benzene rings is 3. The zero-order valence-electron chi connectivity index (χ0n) is 15.2. The quantitative estimate of drug-likeness (QED) is 0.567. The largest absolute Gasteiger partial charge is 0.309 e. The van der Waals surface area contributed by atoms with Gasteiger partial charge in [0.15, 0.2) is 0 Å². The van der Waals surface area contributed by atoms with E-state index >= 15 is 0 Å². The Labute approximate surface area is 151 Å². The zero-order valence-corrected chi connectivity index (χ0v) is 16.1. The molecule has 0 saturated carbocycles. The summed E-state index contributed by atoms with van der Waals surface area (Å²) in [5, 5.41) is 11.7. The molecule has 2 heteroatoms. The van der Waals surface area contributed by atoms with Crippen LogP contribution in [0.15, 0.2) is 84.9 Å². The molecule has 3 rings (SSSR count). The zero-order chi connectivity index (χ0) is 17.9. The van der Waals surface area contributed by atoms with Gasteiger partial charge in [-0.25, -0.2) is 0 Å². The molecule has 3 aromatic rings. The fourth-order valence-electron chi connectivity index (χ4n) is 3.08. The van der Waals surface area contributed by atoms with E-state index in [9.17, 15) is 5.16 Å². The van der Waals surface area contributed by atoms with E-state index in [1.165, 1.54) is 11.1 Å². The standard InChI is InChI=1S/C23H26NP/c1-23(2,3)20-16-14-19(15-17-20)18-25(24,21-10-6-4-7-11-21)22-12-8-5-9-13-22/h4-17,24H,18H2,1-3H3. The van der Waals surface area contributed by atoms with E-state index in [2.05, 4.69) is 69.3 Å². The van der Waals surface area contributed by atoms with Crippen molar-refractivity contribution in [3.63, 3.8) is 0 Å². The smallest absolute Gasteiger partial charge is 0.0279 e. The molecule has 0 aliphatic rings. The SMILES string of the molecule is CC(C)(C)c1ccc(CP(=N)(c2ccccc2)c2ccccc2)cc1. The molecule has 3 aromatic carbocycles. The van der Waals surface area contributed by atoms with Crippen LogP contribution < -0.4 is 10.6 Å². The van der Waals surface area contributed by atoms with Crippen LogP contribution in [0.25, 0.3) is 0 Å². The molecule has 0 heterocycles. The monoisotopic (exact) mass is 347 g/mol. The second-order valence-corrected chi connectivity index (χ2v) is 10.6. The molecule has 0 fully saturated rings. The minimum absolute atomic E-state index is 0.157. The first-order valence-electron chi connectivity index (χ1n) is 8.73. The maximum Gasteiger partial charge on any atom is 0.0279 e. The van der Waals surface area contributed by atoms with Crippen LogP contribution in [0.3, 0.4) is 0 Å². The summed E-state index contributed by atoms with van der Waals surface area (Å²) in [5.41, 5.74) is 2.73. The number of hydrogen-bond donors (Lipinski definition) is 1. The average molecular weight is 347 g/mol. The van der Waals surface area contributed by atoms with Crippen LogP contribution >= 0.6 is 7.05 Å². The number of rotatable bonds is 4. The molecule has 0 amide bonds. The van der Waals surface area contributed by atoms with Crippen molar-refractivity contribution in [3.05, 3.63) is 96.1 Å². The fourth-order valence-corrected chi connectivity index (χ4v) is 5.86. The van der Waals surface area contributed by atoms with E-state index in [1.54, 1.807) is 0 Å². The molecule has 1 N–H and O–H groups in total. The third-order valence-electron chi connectivity index (χ3n) is 4.63. The molecule has 25 heavy (non-hydrogen) atoms. The minimum Gasteiger partial charge on any atom is -0.309 e. The van der Waals surface area contributed by atoms with E-state index in [0.29, 0.717) is 0 Å². The van der Waals surface area contributed by atoms with Crippen LogP contribution in [0.5, 0.6) is 0 Å². The predicted octanol–water partition coefficient (Wildman–Crippen LogP) is 5.92. The Morgan fingerprint density at radius 2 is 1.12 bits per heavy atom. The highest BCUT2D eigenvalue weighted by Crippen LogP contribution is 2.47. The van der Waals surface area contributed by atoms with E-state index in [4.69, 9.17) is 0 Å². The van der Waals surface area contributed by atoms with Gasteiger partial charge in [0.2, 0.25) is 0 Å². The topological polar surface area (TPSA) is 23.9 Å². The van der Waals surface area contributed by atoms with Crippen molar-refractivity contribution in [2.45, 2.75) is 32.3 Å². The van der Waals surface area contributed by atoms with E-state index in [0.717, 1.165) is 16.8 Å². The van der Waals surface area contributed by atoms with Crippen LogP contribution in [0.2, 0.25) is 0 Å². The fraction of sp³-hybridized carbons (Fsp3) is 0.217. The van der Waals surface area contributed by atoms with Gasteiger partial charge in [-0.05, 0) is 27.2 Å². The summed E-state index contributed by atoms with van der Waals surface area (Å²) in [6, 6.07) is 29.5. The average Bonchev–Trinajstić information content (AvgIpc) is 2.63. The highest BCUT2D eigenvalue weighted by atomic mass is 31.2. The summed E-state index contributed by atoms with van der Waals surface area (Å²) in [7, 11) is -2.20. The molecule has 0 atom stereocenters. The summed E-state index contributed by atoms with van der Waals surface area (Å²) in [4.78, 5) is 0. The van der Waals surface area contributed by atoms with Gasteiger partial charge in [0.05, 0.1) is 0 Å². The highest BCUT2D eigenvalue weighted by Gasteiger charge is 2.23. The van der Waals surface area contributed by atoms with Crippen LogP contribution in [-0.4, -0.2) is 0 Å². The molecule has 0 saturated heterocycles. The van der Waals surface area contributed by atoms with Gasteiger partial charge < -0.3 is 5.16 Å². The van der Waals surface area contributed by atoms with Crippen molar-refractivity contribution >= 4 is 17.7 Å². The first-order chi connectivity index (χ1) is 11.9. The molecular weight excluding hydrogens is 321 g/mol. The van der Waals surface area contributed by atoms with Gasteiger partial charge in [0.25, 0.3) is 0 Å². The lowest BCUT2D eigenvalue weighted by Crippen LogP contribution is -2.17. The molecule has 0 spiro atoms. The van der Waals surface area contributed by atoms with Crippen molar-refractivity contribution in [2.24, 2.45) is 0 Å². The summed E-state index contributed by atoms with van der Waals surface area (Å²) in [6.45, 7) is 6.70. The second kappa shape index (κ2) is 7.02. The van der Waals surface area contributed by atoms with Gasteiger partial charge in [0.1, 0.15) is 0 Å². The lowest BCUT2D eigenvalue weighted by molar-refractivity contribution is 0.590. The maximum absolute atomic E-state index is 9.43. The highest BCUT2D eigenvalue weighted by molar-refractivity contribution is 7.79. The normalized spacial score (nSPS) is 12.1. The molecule has 0 bridgehead atoms. The third kappa shape index (κ3) is 3.94. The third-order valence-corrected chi connectivity index (χ3v) is 7.83. The van der Waals surface area contributed by atoms with Gasteiger partial charge in [-0.1, -0.05) is 106 Å². The van der Waals surface area contributed by atoms with Gasteiger partial charge in [-0.2, -0.15) is 0 Å². The van der Waals surface area contributed by atoms with Crippen LogP contribution in [0.4, 0.5) is 0 Å². The van der Waals surface area contributed by atoms with Crippen LogP contribution in [0, 0.1) is 5.16 Å². The molecule has 0 radical (unpaired) electrons.